The lowest BCUT2D eigenvalue weighted by molar-refractivity contribution is -0.131. The van der Waals surface area contributed by atoms with E-state index in [0.717, 1.165) is 6.08 Å². The van der Waals surface area contributed by atoms with E-state index in [9.17, 15) is 9.18 Å². The number of hydrogen-bond donors (Lipinski definition) is 1. The first-order valence-corrected chi connectivity index (χ1v) is 4.66. The highest BCUT2D eigenvalue weighted by Gasteiger charge is 2.05. The van der Waals surface area contributed by atoms with E-state index in [2.05, 4.69) is 15.9 Å². The van der Waals surface area contributed by atoms with Crippen molar-refractivity contribution in [3.8, 4) is 0 Å². The number of rotatable bonds is 2. The summed E-state index contributed by atoms with van der Waals surface area (Å²) in [5, 5.41) is 8.49. The minimum atomic E-state index is -1.08. The van der Waals surface area contributed by atoms with Crippen molar-refractivity contribution in [3.05, 3.63) is 40.1 Å². The molecule has 0 heterocycles. The predicted molar refractivity (Wildman–Crippen MR) is 55.4 cm³/mol. The fourth-order valence-electron chi connectivity index (χ4n) is 1.06. The summed E-state index contributed by atoms with van der Waals surface area (Å²) in [6.45, 7) is 1.55. The molecule has 1 rings (SSSR count). The highest BCUT2D eigenvalue weighted by molar-refractivity contribution is 9.10. The Kier molecular flexibility index (Phi) is 3.41. The van der Waals surface area contributed by atoms with Gasteiger partial charge in [0, 0.05) is 16.1 Å². The molecule has 0 radical (unpaired) electrons. The molecule has 74 valence electrons. The first kappa shape index (κ1) is 10.9. The standard InChI is InChI=1S/C10H8BrFO2/c1-6(4-10(13)14)8-5-7(11)2-3-9(8)12/h2-5H,1H3,(H,13,14)/b6-4-. The van der Waals surface area contributed by atoms with Gasteiger partial charge < -0.3 is 5.11 Å². The number of hydrogen-bond acceptors (Lipinski definition) is 1. The van der Waals surface area contributed by atoms with Crippen LogP contribution in [0.15, 0.2) is 28.7 Å². The van der Waals surface area contributed by atoms with Crippen molar-refractivity contribution in [1.82, 2.24) is 0 Å². The summed E-state index contributed by atoms with van der Waals surface area (Å²) < 4.78 is 13.9. The van der Waals surface area contributed by atoms with Crippen molar-refractivity contribution in [3.63, 3.8) is 0 Å². The topological polar surface area (TPSA) is 37.3 Å². The van der Waals surface area contributed by atoms with Gasteiger partial charge in [-0.3, -0.25) is 0 Å². The quantitative estimate of drug-likeness (QED) is 0.828. The van der Waals surface area contributed by atoms with Crippen molar-refractivity contribution >= 4 is 27.5 Å². The number of allylic oxidation sites excluding steroid dienone is 1. The molecule has 4 heteroatoms. The molecule has 1 N–H and O–H groups in total. The lowest BCUT2D eigenvalue weighted by Gasteiger charge is -2.02. The fourth-order valence-corrected chi connectivity index (χ4v) is 1.42. The summed E-state index contributed by atoms with van der Waals surface area (Å²) in [4.78, 5) is 10.4. The lowest BCUT2D eigenvalue weighted by atomic mass is 10.1. The van der Waals surface area contributed by atoms with E-state index in [4.69, 9.17) is 5.11 Å². The summed E-state index contributed by atoms with van der Waals surface area (Å²) in [7, 11) is 0. The van der Waals surface area contributed by atoms with E-state index >= 15 is 0 Å². The molecule has 14 heavy (non-hydrogen) atoms. The van der Waals surface area contributed by atoms with Crippen LogP contribution in [0.4, 0.5) is 4.39 Å². The molecular formula is C10H8BrFO2. The molecule has 1 aromatic rings. The Bertz CT molecular complexity index is 399. The van der Waals surface area contributed by atoms with Crippen LogP contribution >= 0.6 is 15.9 Å². The molecule has 0 aliphatic carbocycles. The Hall–Kier alpha value is -1.16. The van der Waals surface area contributed by atoms with Crippen LogP contribution in [0, 0.1) is 5.82 Å². The smallest absolute Gasteiger partial charge is 0.328 e. The molecule has 0 spiro atoms. The van der Waals surface area contributed by atoms with E-state index in [1.807, 2.05) is 0 Å². The van der Waals surface area contributed by atoms with Crippen LogP contribution in [0.3, 0.4) is 0 Å². The normalized spacial score (nSPS) is 11.5. The average Bonchev–Trinajstić information content (AvgIpc) is 2.08. The van der Waals surface area contributed by atoms with Gasteiger partial charge in [0.25, 0.3) is 0 Å². The highest BCUT2D eigenvalue weighted by atomic mass is 79.9. The molecule has 0 aliphatic heterocycles. The van der Waals surface area contributed by atoms with E-state index in [1.54, 1.807) is 19.1 Å². The number of carboxylic acids is 1. The molecule has 0 fully saturated rings. The van der Waals surface area contributed by atoms with Gasteiger partial charge in [-0.2, -0.15) is 0 Å². The van der Waals surface area contributed by atoms with Gasteiger partial charge >= 0.3 is 5.97 Å². The van der Waals surface area contributed by atoms with Gasteiger partial charge in [-0.1, -0.05) is 15.9 Å². The van der Waals surface area contributed by atoms with Crippen LogP contribution in [0.1, 0.15) is 12.5 Å². The van der Waals surface area contributed by atoms with Crippen LogP contribution in [-0.4, -0.2) is 11.1 Å². The highest BCUT2D eigenvalue weighted by Crippen LogP contribution is 2.22. The minimum Gasteiger partial charge on any atom is -0.478 e. The maximum absolute atomic E-state index is 13.2. The fraction of sp³-hybridized carbons (Fsp3) is 0.100. The monoisotopic (exact) mass is 258 g/mol. The molecule has 0 atom stereocenters. The zero-order chi connectivity index (χ0) is 10.7. The Balaban J connectivity index is 3.18. The average molecular weight is 259 g/mol. The van der Waals surface area contributed by atoms with Crippen molar-refractivity contribution in [2.75, 3.05) is 0 Å². The van der Waals surface area contributed by atoms with Gasteiger partial charge in [0.05, 0.1) is 0 Å². The summed E-state index contributed by atoms with van der Waals surface area (Å²) in [5.41, 5.74) is 0.679. The van der Waals surface area contributed by atoms with Crippen LogP contribution in [0.2, 0.25) is 0 Å². The largest absolute Gasteiger partial charge is 0.478 e. The van der Waals surface area contributed by atoms with E-state index in [1.165, 1.54) is 6.07 Å². The Morgan fingerprint density at radius 1 is 1.57 bits per heavy atom. The zero-order valence-corrected chi connectivity index (χ0v) is 9.01. The number of carbonyl (C=O) groups is 1. The molecular weight excluding hydrogens is 251 g/mol. The second-order valence-corrected chi connectivity index (χ2v) is 3.71. The van der Waals surface area contributed by atoms with Gasteiger partial charge in [0.1, 0.15) is 5.82 Å². The number of carboxylic acid groups (broad SMARTS) is 1. The Morgan fingerprint density at radius 3 is 2.79 bits per heavy atom. The summed E-state index contributed by atoms with van der Waals surface area (Å²) in [5.74, 6) is -1.51. The Morgan fingerprint density at radius 2 is 2.21 bits per heavy atom. The number of halogens is 2. The first-order valence-electron chi connectivity index (χ1n) is 3.87. The van der Waals surface area contributed by atoms with Crippen molar-refractivity contribution < 1.29 is 14.3 Å². The maximum atomic E-state index is 13.2. The molecule has 0 aliphatic rings. The van der Waals surface area contributed by atoms with Crippen molar-refractivity contribution in [2.45, 2.75) is 6.92 Å². The number of aliphatic carboxylic acids is 1. The predicted octanol–water partition coefficient (Wildman–Crippen LogP) is 3.08. The SMILES string of the molecule is C/C(=C/C(=O)O)c1cc(Br)ccc1F. The molecule has 0 saturated heterocycles. The third-order valence-electron chi connectivity index (χ3n) is 1.69. The zero-order valence-electron chi connectivity index (χ0n) is 7.42. The van der Waals surface area contributed by atoms with E-state index < -0.39 is 11.8 Å². The van der Waals surface area contributed by atoms with Gasteiger partial charge in [-0.15, -0.1) is 0 Å². The molecule has 2 nitrogen and oxygen atoms in total. The van der Waals surface area contributed by atoms with Gasteiger partial charge in [0.15, 0.2) is 0 Å². The third-order valence-corrected chi connectivity index (χ3v) is 2.19. The third kappa shape index (κ3) is 2.67. The molecule has 0 aromatic heterocycles. The van der Waals surface area contributed by atoms with Crippen molar-refractivity contribution in [1.29, 1.82) is 0 Å². The van der Waals surface area contributed by atoms with Crippen LogP contribution in [0.25, 0.3) is 5.57 Å². The lowest BCUT2D eigenvalue weighted by Crippen LogP contribution is -1.92. The van der Waals surface area contributed by atoms with E-state index in [0.29, 0.717) is 15.6 Å². The van der Waals surface area contributed by atoms with E-state index in [-0.39, 0.29) is 0 Å². The van der Waals surface area contributed by atoms with Crippen LogP contribution < -0.4 is 0 Å². The second-order valence-electron chi connectivity index (χ2n) is 2.79. The molecule has 0 unspecified atom stereocenters. The summed E-state index contributed by atoms with van der Waals surface area (Å²) in [6.07, 6.45) is 0.977. The van der Waals surface area contributed by atoms with Crippen molar-refractivity contribution in [2.24, 2.45) is 0 Å². The molecule has 0 bridgehead atoms. The van der Waals surface area contributed by atoms with Gasteiger partial charge in [-0.25, -0.2) is 9.18 Å². The summed E-state index contributed by atoms with van der Waals surface area (Å²) in [6, 6.07) is 4.40. The molecule has 0 amide bonds. The van der Waals surface area contributed by atoms with Gasteiger partial charge in [-0.05, 0) is 30.7 Å². The summed E-state index contributed by atoms with van der Waals surface area (Å²) >= 11 is 3.19. The second kappa shape index (κ2) is 4.37. The maximum Gasteiger partial charge on any atom is 0.328 e. The van der Waals surface area contributed by atoms with Gasteiger partial charge in [0.2, 0.25) is 0 Å². The van der Waals surface area contributed by atoms with Crippen LogP contribution in [0.5, 0.6) is 0 Å². The Labute approximate surface area is 89.2 Å². The number of benzene rings is 1. The molecule has 0 saturated carbocycles. The molecule has 1 aromatic carbocycles. The minimum absolute atomic E-state index is 0.293. The van der Waals surface area contributed by atoms with Crippen LogP contribution in [-0.2, 0) is 4.79 Å². The first-order chi connectivity index (χ1) is 6.50.